The third kappa shape index (κ3) is 2.06. The fraction of sp³-hybridized carbons (Fsp3) is 0.300. The molecule has 0 saturated heterocycles. The molecule has 2 heterocycles. The van der Waals surface area contributed by atoms with Gasteiger partial charge in [0.1, 0.15) is 0 Å². The first kappa shape index (κ1) is 12.5. The molecule has 0 aliphatic heterocycles. The van der Waals surface area contributed by atoms with Crippen molar-refractivity contribution >= 4 is 0 Å². The molecular formula is C10H9F3N4O. The first-order chi connectivity index (χ1) is 8.32. The van der Waals surface area contributed by atoms with Gasteiger partial charge < -0.3 is 10.3 Å². The molecule has 1 atom stereocenters. The van der Waals surface area contributed by atoms with Gasteiger partial charge in [0.2, 0.25) is 5.82 Å². The second-order valence-corrected chi connectivity index (χ2v) is 3.86. The molecule has 0 saturated carbocycles. The van der Waals surface area contributed by atoms with Crippen molar-refractivity contribution in [3.63, 3.8) is 0 Å². The van der Waals surface area contributed by atoms with E-state index in [1.807, 2.05) is 0 Å². The Kier molecular flexibility index (Phi) is 2.81. The van der Waals surface area contributed by atoms with Gasteiger partial charge in [0.05, 0.1) is 0 Å². The minimum atomic E-state index is -4.67. The van der Waals surface area contributed by atoms with E-state index < -0.39 is 17.6 Å². The minimum Gasteiger partial charge on any atom is -0.337 e. The van der Waals surface area contributed by atoms with Gasteiger partial charge in [0.15, 0.2) is 5.54 Å². The summed E-state index contributed by atoms with van der Waals surface area (Å²) < 4.78 is 42.6. The van der Waals surface area contributed by atoms with Crippen LogP contribution in [0.4, 0.5) is 13.2 Å². The lowest BCUT2D eigenvalue weighted by Gasteiger charge is -2.22. The van der Waals surface area contributed by atoms with Gasteiger partial charge in [-0.05, 0) is 19.1 Å². The average Bonchev–Trinajstić information content (AvgIpc) is 2.78. The summed E-state index contributed by atoms with van der Waals surface area (Å²) in [7, 11) is 0. The van der Waals surface area contributed by atoms with Crippen molar-refractivity contribution in [1.29, 1.82) is 0 Å². The summed E-state index contributed by atoms with van der Waals surface area (Å²) in [6, 6.07) is 3.10. The third-order valence-corrected chi connectivity index (χ3v) is 2.40. The summed E-state index contributed by atoms with van der Waals surface area (Å²) in [5.41, 5.74) is 3.00. The molecule has 2 aromatic rings. The van der Waals surface area contributed by atoms with Crippen molar-refractivity contribution in [1.82, 2.24) is 15.1 Å². The van der Waals surface area contributed by atoms with Gasteiger partial charge in [-0.2, -0.15) is 18.2 Å². The predicted molar refractivity (Wildman–Crippen MR) is 55.1 cm³/mol. The molecule has 18 heavy (non-hydrogen) atoms. The molecule has 0 aliphatic rings. The second-order valence-electron chi connectivity index (χ2n) is 3.86. The van der Waals surface area contributed by atoms with E-state index in [0.29, 0.717) is 5.56 Å². The Morgan fingerprint density at radius 1 is 1.22 bits per heavy atom. The Morgan fingerprint density at radius 2 is 1.83 bits per heavy atom. The number of nitrogens with zero attached hydrogens (tertiary/aromatic N) is 3. The van der Waals surface area contributed by atoms with Gasteiger partial charge in [-0.3, -0.25) is 4.98 Å². The van der Waals surface area contributed by atoms with E-state index in [1.165, 1.54) is 12.4 Å². The quantitative estimate of drug-likeness (QED) is 0.889. The smallest absolute Gasteiger partial charge is 0.337 e. The Bertz CT molecular complexity index is 536. The Balaban J connectivity index is 2.38. The van der Waals surface area contributed by atoms with E-state index in [-0.39, 0.29) is 5.82 Å². The number of hydrogen-bond donors (Lipinski definition) is 1. The van der Waals surface area contributed by atoms with Crippen LogP contribution >= 0.6 is 0 Å². The maximum absolute atomic E-state index is 12.7. The molecule has 0 radical (unpaired) electrons. The Labute approximate surface area is 99.8 Å². The molecule has 8 heteroatoms. The predicted octanol–water partition coefficient (Wildman–Crippen LogP) is 1.87. The van der Waals surface area contributed by atoms with Crippen LogP contribution in [0.5, 0.6) is 0 Å². The number of nitrogens with two attached hydrogens (primary N) is 1. The first-order valence-electron chi connectivity index (χ1n) is 4.92. The van der Waals surface area contributed by atoms with Crippen molar-refractivity contribution < 1.29 is 17.7 Å². The Hall–Kier alpha value is -1.96. The van der Waals surface area contributed by atoms with Gasteiger partial charge in [0, 0.05) is 18.0 Å². The monoisotopic (exact) mass is 258 g/mol. The lowest BCUT2D eigenvalue weighted by atomic mass is 10.0. The molecule has 0 aromatic carbocycles. The third-order valence-electron chi connectivity index (χ3n) is 2.40. The van der Waals surface area contributed by atoms with E-state index in [1.54, 1.807) is 12.1 Å². The highest BCUT2D eigenvalue weighted by molar-refractivity contribution is 5.52. The highest BCUT2D eigenvalue weighted by Crippen LogP contribution is 2.35. The zero-order valence-corrected chi connectivity index (χ0v) is 9.27. The number of aromatic nitrogens is 3. The largest absolute Gasteiger partial charge is 0.415 e. The molecular weight excluding hydrogens is 249 g/mol. The van der Waals surface area contributed by atoms with Gasteiger partial charge in [-0.15, -0.1) is 0 Å². The second kappa shape index (κ2) is 4.05. The molecule has 0 bridgehead atoms. The topological polar surface area (TPSA) is 77.8 Å². The van der Waals surface area contributed by atoms with E-state index in [9.17, 15) is 13.2 Å². The highest BCUT2D eigenvalue weighted by Gasteiger charge is 2.53. The van der Waals surface area contributed by atoms with Gasteiger partial charge in [0.25, 0.3) is 5.89 Å². The number of alkyl halides is 3. The van der Waals surface area contributed by atoms with Crippen LogP contribution in [0.3, 0.4) is 0 Å². The van der Waals surface area contributed by atoms with E-state index >= 15 is 0 Å². The zero-order valence-electron chi connectivity index (χ0n) is 9.27. The van der Waals surface area contributed by atoms with Crippen LogP contribution in [-0.2, 0) is 5.54 Å². The SMILES string of the molecule is CC(N)(c1nc(-c2ccncc2)no1)C(F)(F)F. The lowest BCUT2D eigenvalue weighted by molar-refractivity contribution is -0.190. The van der Waals surface area contributed by atoms with Crippen LogP contribution in [0.15, 0.2) is 29.0 Å². The fourth-order valence-electron chi connectivity index (χ4n) is 1.17. The first-order valence-corrected chi connectivity index (χ1v) is 4.92. The maximum Gasteiger partial charge on any atom is 0.415 e. The van der Waals surface area contributed by atoms with Crippen LogP contribution in [-0.4, -0.2) is 21.3 Å². The summed E-state index contributed by atoms with van der Waals surface area (Å²) in [6.07, 6.45) is -1.73. The van der Waals surface area contributed by atoms with E-state index in [0.717, 1.165) is 6.92 Å². The van der Waals surface area contributed by atoms with Crippen LogP contribution in [0.2, 0.25) is 0 Å². The normalized spacial score (nSPS) is 15.4. The standard InChI is InChI=1S/C10H9F3N4O/c1-9(14,10(11,12)13)8-16-7(17-18-8)6-2-4-15-5-3-6/h2-5H,14H2,1H3. The molecule has 5 nitrogen and oxygen atoms in total. The zero-order chi connectivity index (χ0) is 13.4. The minimum absolute atomic E-state index is 0.0355. The van der Waals surface area contributed by atoms with Crippen molar-refractivity contribution in [2.45, 2.75) is 18.6 Å². The molecule has 2 rings (SSSR count). The summed E-state index contributed by atoms with van der Waals surface area (Å²) >= 11 is 0. The summed E-state index contributed by atoms with van der Waals surface area (Å²) in [4.78, 5) is 7.44. The van der Waals surface area contributed by atoms with E-state index in [4.69, 9.17) is 5.73 Å². The number of halogens is 3. The van der Waals surface area contributed by atoms with Crippen LogP contribution in [0, 0.1) is 0 Å². The van der Waals surface area contributed by atoms with Crippen molar-refractivity contribution in [3.05, 3.63) is 30.4 Å². The van der Waals surface area contributed by atoms with Gasteiger partial charge >= 0.3 is 6.18 Å². The molecule has 2 N–H and O–H groups in total. The molecule has 0 spiro atoms. The summed E-state index contributed by atoms with van der Waals surface area (Å²) in [5, 5.41) is 3.47. The fourth-order valence-corrected chi connectivity index (χ4v) is 1.17. The average molecular weight is 258 g/mol. The van der Waals surface area contributed by atoms with Crippen LogP contribution in [0.1, 0.15) is 12.8 Å². The van der Waals surface area contributed by atoms with Crippen LogP contribution < -0.4 is 5.73 Å². The molecule has 0 aliphatic carbocycles. The molecule has 1 unspecified atom stereocenters. The molecule has 0 amide bonds. The lowest BCUT2D eigenvalue weighted by Crippen LogP contribution is -2.47. The Morgan fingerprint density at radius 3 is 2.39 bits per heavy atom. The molecule has 2 aromatic heterocycles. The van der Waals surface area contributed by atoms with Gasteiger partial charge in [-0.25, -0.2) is 0 Å². The summed E-state index contributed by atoms with van der Waals surface area (Å²) in [6.45, 7) is 0.775. The molecule has 96 valence electrons. The van der Waals surface area contributed by atoms with Crippen molar-refractivity contribution in [3.8, 4) is 11.4 Å². The highest BCUT2D eigenvalue weighted by atomic mass is 19.4. The van der Waals surface area contributed by atoms with Crippen molar-refractivity contribution in [2.75, 3.05) is 0 Å². The van der Waals surface area contributed by atoms with Crippen molar-refractivity contribution in [2.24, 2.45) is 5.73 Å². The number of hydrogen-bond acceptors (Lipinski definition) is 5. The summed E-state index contributed by atoms with van der Waals surface area (Å²) in [5.74, 6) is -0.643. The van der Waals surface area contributed by atoms with E-state index in [2.05, 4.69) is 19.6 Å². The number of pyridine rings is 1. The van der Waals surface area contributed by atoms with Gasteiger partial charge in [-0.1, -0.05) is 5.16 Å². The van der Waals surface area contributed by atoms with Crippen LogP contribution in [0.25, 0.3) is 11.4 Å². The molecule has 0 fully saturated rings. The number of rotatable bonds is 2. The maximum atomic E-state index is 12.7.